The van der Waals surface area contributed by atoms with Gasteiger partial charge in [0, 0.05) is 43.0 Å². The van der Waals surface area contributed by atoms with E-state index in [2.05, 4.69) is 4.98 Å². The van der Waals surface area contributed by atoms with Crippen molar-refractivity contribution in [2.24, 2.45) is 23.7 Å². The molecule has 2 fully saturated rings. The first-order valence-corrected chi connectivity index (χ1v) is 14.6. The molecule has 7 rings (SSSR count). The van der Waals surface area contributed by atoms with E-state index in [1.807, 2.05) is 91.0 Å². The third kappa shape index (κ3) is 4.19. The molecular formula is C36H31N3O4. The fraction of sp³-hybridized carbons (Fsp3) is 0.222. The molecule has 0 radical (unpaired) electrons. The number of likely N-dealkylation sites (tertiary alicyclic amines) is 1. The number of benzene rings is 2. The number of aromatic nitrogens is 2. The number of hydrogen-bond acceptors (Lipinski definition) is 6. The second-order valence-electron chi connectivity index (χ2n) is 11.3. The van der Waals surface area contributed by atoms with Crippen LogP contribution in [0.1, 0.15) is 28.9 Å². The molecule has 2 aliphatic carbocycles. The van der Waals surface area contributed by atoms with Crippen LogP contribution in [0.5, 0.6) is 0 Å². The van der Waals surface area contributed by atoms with Gasteiger partial charge in [-0.3, -0.25) is 24.5 Å². The average molecular weight is 570 g/mol. The summed E-state index contributed by atoms with van der Waals surface area (Å²) in [6.45, 7) is 0.0587. The molecule has 1 saturated heterocycles. The lowest BCUT2D eigenvalue weighted by Gasteiger charge is -2.36. The molecule has 2 aromatic heterocycles. The van der Waals surface area contributed by atoms with Gasteiger partial charge >= 0.3 is 0 Å². The van der Waals surface area contributed by atoms with E-state index in [4.69, 9.17) is 4.98 Å². The Bertz CT molecular complexity index is 1640. The number of carbonyl (C=O) groups excluding carboxylic acids is 2. The Kier molecular flexibility index (Phi) is 6.84. The lowest BCUT2D eigenvalue weighted by molar-refractivity contribution is -0.140. The number of pyridine rings is 2. The highest BCUT2D eigenvalue weighted by molar-refractivity contribution is 6.08. The zero-order valence-corrected chi connectivity index (χ0v) is 23.5. The molecule has 5 atom stereocenters. The van der Waals surface area contributed by atoms with E-state index in [0.29, 0.717) is 23.3 Å². The van der Waals surface area contributed by atoms with Gasteiger partial charge in [0.1, 0.15) is 0 Å². The predicted octanol–water partition coefficient (Wildman–Crippen LogP) is 4.38. The normalized spacial score (nSPS) is 25.0. The van der Waals surface area contributed by atoms with Crippen molar-refractivity contribution < 1.29 is 19.8 Å². The zero-order valence-electron chi connectivity index (χ0n) is 23.5. The summed E-state index contributed by atoms with van der Waals surface area (Å²) in [5.74, 6) is -2.78. The Morgan fingerprint density at radius 1 is 0.791 bits per heavy atom. The summed E-state index contributed by atoms with van der Waals surface area (Å²) in [4.78, 5) is 38.7. The fourth-order valence-corrected chi connectivity index (χ4v) is 7.36. The molecular weight excluding hydrogens is 538 g/mol. The van der Waals surface area contributed by atoms with Crippen LogP contribution in [0.25, 0.3) is 5.57 Å². The van der Waals surface area contributed by atoms with E-state index in [0.717, 1.165) is 22.4 Å². The molecule has 1 saturated carbocycles. The van der Waals surface area contributed by atoms with Crippen molar-refractivity contribution in [3.8, 4) is 0 Å². The third-order valence-corrected chi connectivity index (χ3v) is 9.08. The number of rotatable bonds is 8. The van der Waals surface area contributed by atoms with Crippen molar-refractivity contribution in [3.63, 3.8) is 0 Å². The van der Waals surface area contributed by atoms with Gasteiger partial charge in [0.25, 0.3) is 0 Å². The van der Waals surface area contributed by atoms with Crippen LogP contribution in [0.15, 0.2) is 127 Å². The van der Waals surface area contributed by atoms with Crippen molar-refractivity contribution >= 4 is 17.4 Å². The molecule has 7 heteroatoms. The Balaban J connectivity index is 1.50. The van der Waals surface area contributed by atoms with Crippen molar-refractivity contribution in [1.82, 2.24) is 14.9 Å². The van der Waals surface area contributed by atoms with Crippen LogP contribution in [0.2, 0.25) is 0 Å². The van der Waals surface area contributed by atoms with E-state index >= 15 is 0 Å². The topological polar surface area (TPSA) is 104 Å². The fourth-order valence-electron chi connectivity index (χ4n) is 7.36. The molecule has 5 unspecified atom stereocenters. The summed E-state index contributed by atoms with van der Waals surface area (Å²) in [7, 11) is 0. The highest BCUT2D eigenvalue weighted by Crippen LogP contribution is 2.64. The SMILES string of the molecule is O=C1C2C3C=C(C(O)(c4ccccc4)c4ccccn4)C(C3=C(c3ccccc3)c3ccccn3)C2C(=O)N1CCCO. The number of amides is 2. The van der Waals surface area contributed by atoms with Crippen molar-refractivity contribution in [2.45, 2.75) is 12.0 Å². The molecule has 43 heavy (non-hydrogen) atoms. The van der Waals surface area contributed by atoms with Crippen molar-refractivity contribution in [1.29, 1.82) is 0 Å². The molecule has 7 nitrogen and oxygen atoms in total. The highest BCUT2D eigenvalue weighted by Gasteiger charge is 2.66. The first-order chi connectivity index (χ1) is 21.1. The van der Waals surface area contributed by atoms with E-state index in [1.165, 1.54) is 4.90 Å². The lowest BCUT2D eigenvalue weighted by atomic mass is 9.71. The third-order valence-electron chi connectivity index (χ3n) is 9.08. The van der Waals surface area contributed by atoms with Crippen molar-refractivity contribution in [3.05, 3.63) is 149 Å². The largest absolute Gasteiger partial charge is 0.396 e. The second-order valence-corrected chi connectivity index (χ2v) is 11.3. The molecule has 214 valence electrons. The Morgan fingerprint density at radius 2 is 1.44 bits per heavy atom. The van der Waals surface area contributed by atoms with Crippen LogP contribution in [0, 0.1) is 23.7 Å². The number of aliphatic hydroxyl groups excluding tert-OH is 1. The average Bonchev–Trinajstić information content (AvgIpc) is 3.68. The molecule has 3 heterocycles. The van der Waals surface area contributed by atoms with Crippen LogP contribution in [0.4, 0.5) is 0 Å². The van der Waals surface area contributed by atoms with Crippen LogP contribution in [-0.4, -0.2) is 50.0 Å². The van der Waals surface area contributed by atoms with E-state index in [1.54, 1.807) is 24.5 Å². The quantitative estimate of drug-likeness (QED) is 0.241. The number of fused-ring (bicyclic) bond motifs is 5. The minimum absolute atomic E-state index is 0.112. The molecule has 0 spiro atoms. The summed E-state index contributed by atoms with van der Waals surface area (Å²) in [6, 6.07) is 30.5. The van der Waals surface area contributed by atoms with E-state index in [-0.39, 0.29) is 25.0 Å². The predicted molar refractivity (Wildman–Crippen MR) is 161 cm³/mol. The van der Waals surface area contributed by atoms with Gasteiger partial charge in [0.15, 0.2) is 5.60 Å². The molecule has 2 bridgehead atoms. The first kappa shape index (κ1) is 27.1. The lowest BCUT2D eigenvalue weighted by Crippen LogP contribution is -2.38. The maximum Gasteiger partial charge on any atom is 0.234 e. The Hall–Kier alpha value is -4.72. The minimum Gasteiger partial charge on any atom is -0.396 e. The number of aliphatic hydroxyl groups is 2. The minimum atomic E-state index is -1.65. The molecule has 2 aromatic carbocycles. The zero-order chi connectivity index (χ0) is 29.6. The van der Waals surface area contributed by atoms with Crippen LogP contribution < -0.4 is 0 Å². The number of hydrogen-bond donors (Lipinski definition) is 2. The molecule has 2 amide bonds. The van der Waals surface area contributed by atoms with E-state index in [9.17, 15) is 19.8 Å². The van der Waals surface area contributed by atoms with E-state index < -0.39 is 29.3 Å². The van der Waals surface area contributed by atoms with Gasteiger partial charge in [-0.15, -0.1) is 0 Å². The van der Waals surface area contributed by atoms with Gasteiger partial charge in [-0.25, -0.2) is 0 Å². The number of carbonyl (C=O) groups is 2. The van der Waals surface area contributed by atoms with Gasteiger partial charge in [-0.05, 0) is 53.0 Å². The van der Waals surface area contributed by atoms with Crippen LogP contribution in [0.3, 0.4) is 0 Å². The monoisotopic (exact) mass is 569 g/mol. The van der Waals surface area contributed by atoms with Gasteiger partial charge in [-0.1, -0.05) is 78.9 Å². The summed E-state index contributed by atoms with van der Waals surface area (Å²) in [6.07, 6.45) is 5.72. The molecule has 1 aliphatic heterocycles. The summed E-state index contributed by atoms with van der Waals surface area (Å²) >= 11 is 0. The summed E-state index contributed by atoms with van der Waals surface area (Å²) in [5, 5.41) is 22.4. The molecule has 2 N–H and O–H groups in total. The Labute approximate surface area is 249 Å². The smallest absolute Gasteiger partial charge is 0.234 e. The van der Waals surface area contributed by atoms with Gasteiger partial charge in [-0.2, -0.15) is 0 Å². The second kappa shape index (κ2) is 10.8. The Morgan fingerprint density at radius 3 is 2.09 bits per heavy atom. The highest BCUT2D eigenvalue weighted by atomic mass is 16.3. The standard InChI is InChI=1S/C36H31N3O4/c40-21-11-20-39-34(41)31-25-22-26(36(43,24-14-5-2-6-15-24)28-17-8-10-19-38-28)32(33(31)35(39)42)30(25)29(23-12-3-1-4-13-23)27-16-7-9-18-37-27/h1-10,12-19,22,25,31-33,40,43H,11,20-21H2. The summed E-state index contributed by atoms with van der Waals surface area (Å²) < 4.78 is 0. The number of allylic oxidation sites excluding steroid dienone is 2. The molecule has 3 aliphatic rings. The number of nitrogens with zero attached hydrogens (tertiary/aromatic N) is 3. The van der Waals surface area contributed by atoms with Gasteiger partial charge in [0.05, 0.1) is 23.2 Å². The van der Waals surface area contributed by atoms with Crippen molar-refractivity contribution in [2.75, 3.05) is 13.2 Å². The van der Waals surface area contributed by atoms with Gasteiger partial charge in [0.2, 0.25) is 11.8 Å². The van der Waals surface area contributed by atoms with Crippen LogP contribution >= 0.6 is 0 Å². The summed E-state index contributed by atoms with van der Waals surface area (Å²) in [5.41, 5.74) is 3.55. The number of imide groups is 1. The van der Waals surface area contributed by atoms with Crippen LogP contribution in [-0.2, 0) is 15.2 Å². The maximum atomic E-state index is 14.1. The maximum absolute atomic E-state index is 14.1. The first-order valence-electron chi connectivity index (χ1n) is 14.6. The van der Waals surface area contributed by atoms with Gasteiger partial charge < -0.3 is 10.2 Å². The molecule has 4 aromatic rings.